The van der Waals surface area contributed by atoms with Gasteiger partial charge in [0.1, 0.15) is 5.75 Å². The van der Waals surface area contributed by atoms with Gasteiger partial charge in [0.2, 0.25) is 0 Å². The average molecular weight is 539 g/mol. The molecule has 1 aromatic carbocycles. The zero-order valence-corrected chi connectivity index (χ0v) is 21.0. The van der Waals surface area contributed by atoms with Gasteiger partial charge in [0.15, 0.2) is 5.96 Å². The van der Waals surface area contributed by atoms with E-state index in [1.54, 1.807) is 12.1 Å². The minimum absolute atomic E-state index is 0. The van der Waals surface area contributed by atoms with Gasteiger partial charge >= 0.3 is 6.61 Å². The Hall–Kier alpha value is -1.36. The molecule has 0 spiro atoms. The molecule has 0 aromatic heterocycles. The van der Waals surface area contributed by atoms with Crippen LogP contribution in [0.1, 0.15) is 27.2 Å². The van der Waals surface area contributed by atoms with Gasteiger partial charge in [-0.05, 0) is 45.0 Å². The lowest BCUT2D eigenvalue weighted by molar-refractivity contribution is -0.0495. The van der Waals surface area contributed by atoms with Crippen molar-refractivity contribution < 1.29 is 13.5 Å². The third-order valence-electron chi connectivity index (χ3n) is 4.70. The van der Waals surface area contributed by atoms with Crippen LogP contribution in [0.25, 0.3) is 0 Å². The minimum atomic E-state index is -2.83. The molecule has 1 aliphatic rings. The molecule has 2 rings (SSSR count). The van der Waals surface area contributed by atoms with E-state index in [1.165, 1.54) is 0 Å². The van der Waals surface area contributed by atoms with Gasteiger partial charge in [0.25, 0.3) is 0 Å². The monoisotopic (exact) mass is 539 g/mol. The molecule has 2 N–H and O–H groups in total. The van der Waals surface area contributed by atoms with Crippen LogP contribution in [0.5, 0.6) is 5.75 Å². The second kappa shape index (κ2) is 12.5. The van der Waals surface area contributed by atoms with Crippen molar-refractivity contribution in [2.45, 2.75) is 39.8 Å². The van der Waals surface area contributed by atoms with Crippen LogP contribution in [-0.4, -0.2) is 70.3 Å². The summed E-state index contributed by atoms with van der Waals surface area (Å²) in [4.78, 5) is 9.03. The van der Waals surface area contributed by atoms with Crippen LogP contribution in [0, 0.1) is 5.41 Å². The van der Waals surface area contributed by atoms with Gasteiger partial charge in [0, 0.05) is 38.8 Å². The molecule has 30 heavy (non-hydrogen) atoms. The third-order valence-corrected chi connectivity index (χ3v) is 4.70. The highest BCUT2D eigenvalue weighted by Crippen LogP contribution is 2.31. The Morgan fingerprint density at radius 1 is 1.33 bits per heavy atom. The van der Waals surface area contributed by atoms with Gasteiger partial charge in [-0.3, -0.25) is 4.99 Å². The summed E-state index contributed by atoms with van der Waals surface area (Å²) in [5.74, 6) is 1.01. The lowest BCUT2D eigenvalue weighted by Crippen LogP contribution is -2.45. The molecule has 1 fully saturated rings. The van der Waals surface area contributed by atoms with Crippen LogP contribution in [0.15, 0.2) is 29.3 Å². The van der Waals surface area contributed by atoms with Gasteiger partial charge in [-0.15, -0.1) is 24.0 Å². The number of hydrogen-bond acceptors (Lipinski definition) is 4. The first-order valence-corrected chi connectivity index (χ1v) is 10.2. The van der Waals surface area contributed by atoms with Crippen molar-refractivity contribution in [2.24, 2.45) is 10.4 Å². The maximum Gasteiger partial charge on any atom is 0.387 e. The summed E-state index contributed by atoms with van der Waals surface area (Å²) >= 11 is 0. The van der Waals surface area contributed by atoms with E-state index in [0.717, 1.165) is 32.0 Å². The Balaban J connectivity index is 0.00000450. The molecule has 0 bridgehead atoms. The average Bonchev–Trinajstić information content (AvgIpc) is 3.07. The number of ether oxygens (including phenoxy) is 1. The predicted octanol–water partition coefficient (Wildman–Crippen LogP) is 3.63. The van der Waals surface area contributed by atoms with Crippen molar-refractivity contribution >= 4 is 35.6 Å². The number of para-hydroxylation sites is 2. The highest BCUT2D eigenvalue weighted by atomic mass is 127. The normalized spacial score (nSPS) is 17.3. The Bertz CT molecular complexity index is 673. The molecule has 1 heterocycles. The molecule has 0 aliphatic carbocycles. The van der Waals surface area contributed by atoms with Gasteiger partial charge in [-0.2, -0.15) is 8.78 Å². The zero-order chi connectivity index (χ0) is 21.4. The molecular formula is C21H36F2IN5O. The lowest BCUT2D eigenvalue weighted by Gasteiger charge is -2.27. The molecule has 172 valence electrons. The molecule has 9 heteroatoms. The van der Waals surface area contributed by atoms with Crippen LogP contribution < -0.4 is 20.3 Å². The predicted molar refractivity (Wildman–Crippen MR) is 131 cm³/mol. The molecule has 1 saturated heterocycles. The van der Waals surface area contributed by atoms with Gasteiger partial charge < -0.3 is 25.2 Å². The molecule has 0 saturated carbocycles. The fraction of sp³-hybridized carbons (Fsp3) is 0.667. The highest BCUT2D eigenvalue weighted by Gasteiger charge is 2.26. The summed E-state index contributed by atoms with van der Waals surface area (Å²) in [6.45, 7) is 7.54. The van der Waals surface area contributed by atoms with E-state index in [9.17, 15) is 8.78 Å². The van der Waals surface area contributed by atoms with Gasteiger partial charge in [0.05, 0.1) is 5.69 Å². The van der Waals surface area contributed by atoms with Gasteiger partial charge in [-0.25, -0.2) is 0 Å². The number of guanidine groups is 1. The van der Waals surface area contributed by atoms with Crippen molar-refractivity contribution in [3.63, 3.8) is 0 Å². The summed E-state index contributed by atoms with van der Waals surface area (Å²) in [7, 11) is 4.13. The fourth-order valence-corrected chi connectivity index (χ4v) is 3.72. The zero-order valence-electron chi connectivity index (χ0n) is 18.6. The van der Waals surface area contributed by atoms with Crippen molar-refractivity contribution in [3.8, 4) is 5.75 Å². The number of aliphatic imine (C=N–C) groups is 1. The minimum Gasteiger partial charge on any atom is -0.433 e. The smallest absolute Gasteiger partial charge is 0.387 e. The third kappa shape index (κ3) is 8.79. The molecule has 6 nitrogen and oxygen atoms in total. The van der Waals surface area contributed by atoms with E-state index < -0.39 is 6.61 Å². The first-order valence-electron chi connectivity index (χ1n) is 10.2. The number of benzene rings is 1. The summed E-state index contributed by atoms with van der Waals surface area (Å²) in [5, 5.41) is 6.81. The molecule has 1 atom stereocenters. The Kier molecular flexibility index (Phi) is 11.1. The summed E-state index contributed by atoms with van der Waals surface area (Å²) in [5.41, 5.74) is 0.769. The van der Waals surface area contributed by atoms with E-state index in [4.69, 9.17) is 4.99 Å². The number of hydrogen-bond donors (Lipinski definition) is 2. The first kappa shape index (κ1) is 26.7. The lowest BCUT2D eigenvalue weighted by atomic mass is 9.93. The van der Waals surface area contributed by atoms with E-state index >= 15 is 0 Å². The summed E-state index contributed by atoms with van der Waals surface area (Å²) in [6, 6.07) is 7.14. The maximum absolute atomic E-state index is 12.7. The number of nitrogens with zero attached hydrogens (tertiary/aromatic N) is 3. The van der Waals surface area contributed by atoms with E-state index in [2.05, 4.69) is 53.1 Å². The van der Waals surface area contributed by atoms with Crippen LogP contribution in [0.2, 0.25) is 0 Å². The number of nitrogens with one attached hydrogen (secondary N) is 2. The molecular weight excluding hydrogens is 503 g/mol. The number of rotatable bonds is 9. The second-order valence-electron chi connectivity index (χ2n) is 8.52. The van der Waals surface area contributed by atoms with E-state index in [-0.39, 0.29) is 41.2 Å². The molecule has 0 radical (unpaired) electrons. The molecule has 1 aliphatic heterocycles. The topological polar surface area (TPSA) is 52.1 Å². The number of anilines is 1. The SMILES string of the molecule is CCNC(=NCC(C)(C)CN(C)C)NC1CCN(c2ccccc2OC(F)F)C1.I. The van der Waals surface area contributed by atoms with E-state index in [1.807, 2.05) is 19.1 Å². The van der Waals surface area contributed by atoms with Gasteiger partial charge in [-0.1, -0.05) is 26.0 Å². The van der Waals surface area contributed by atoms with Crippen molar-refractivity contribution in [1.29, 1.82) is 0 Å². The van der Waals surface area contributed by atoms with Crippen LogP contribution in [-0.2, 0) is 0 Å². The molecule has 0 amide bonds. The Morgan fingerprint density at radius 3 is 2.67 bits per heavy atom. The quantitative estimate of drug-likeness (QED) is 0.285. The van der Waals surface area contributed by atoms with Crippen LogP contribution in [0.3, 0.4) is 0 Å². The molecule has 1 aromatic rings. The highest BCUT2D eigenvalue weighted by molar-refractivity contribution is 14.0. The van der Waals surface area contributed by atoms with Crippen molar-refractivity contribution in [1.82, 2.24) is 15.5 Å². The standard InChI is InChI=1S/C21H35F2N5O.HI/c1-6-24-20(25-14-21(2,3)15-27(4)5)26-16-11-12-28(13-16)17-9-7-8-10-18(17)29-19(22)23;/h7-10,16,19H,6,11-15H2,1-5H3,(H2,24,25,26);1H. The Morgan fingerprint density at radius 2 is 2.03 bits per heavy atom. The number of alkyl halides is 2. The summed E-state index contributed by atoms with van der Waals surface area (Å²) < 4.78 is 30.1. The van der Waals surface area contributed by atoms with Crippen LogP contribution >= 0.6 is 24.0 Å². The van der Waals surface area contributed by atoms with Crippen LogP contribution in [0.4, 0.5) is 14.5 Å². The maximum atomic E-state index is 12.7. The Labute approximate surface area is 196 Å². The largest absolute Gasteiger partial charge is 0.433 e. The van der Waals surface area contributed by atoms with Crippen molar-refractivity contribution in [2.75, 3.05) is 51.7 Å². The first-order chi connectivity index (χ1) is 13.7. The van der Waals surface area contributed by atoms with E-state index in [0.29, 0.717) is 18.8 Å². The molecule has 1 unspecified atom stereocenters. The summed E-state index contributed by atoms with van der Waals surface area (Å²) in [6.07, 6.45) is 0.897. The fourth-order valence-electron chi connectivity index (χ4n) is 3.72. The van der Waals surface area contributed by atoms with Crippen molar-refractivity contribution in [3.05, 3.63) is 24.3 Å². The second-order valence-corrected chi connectivity index (χ2v) is 8.52. The number of halogens is 3.